The fourth-order valence-corrected chi connectivity index (χ4v) is 4.33. The van der Waals surface area contributed by atoms with E-state index in [9.17, 15) is 9.59 Å². The van der Waals surface area contributed by atoms with Crippen LogP contribution in [0.2, 0.25) is 10.0 Å². The monoisotopic (exact) mass is 554 g/mol. The van der Waals surface area contributed by atoms with Gasteiger partial charge in [-0.15, -0.1) is 0 Å². The van der Waals surface area contributed by atoms with Crippen LogP contribution in [-0.4, -0.2) is 35.4 Å². The van der Waals surface area contributed by atoms with Crippen LogP contribution in [-0.2, 0) is 22.6 Å². The minimum absolute atomic E-state index is 0.0292. The summed E-state index contributed by atoms with van der Waals surface area (Å²) in [6.07, 6.45) is 1.14. The number of benzene rings is 3. The third-order valence-corrected chi connectivity index (χ3v) is 7.26. The van der Waals surface area contributed by atoms with E-state index in [4.69, 9.17) is 27.9 Å². The lowest BCUT2D eigenvalue weighted by Crippen LogP contribution is -2.53. The molecule has 0 aliphatic rings. The summed E-state index contributed by atoms with van der Waals surface area (Å²) in [5, 5.41) is 3.88. The molecule has 202 valence electrons. The SMILES string of the molecule is CC[C@@H](C)NC(=O)[C@H](Cc1ccccc1)N(Cc1ccc(Cl)c(Cl)c1)C(=O)COc1ccc(C(C)C)cc1. The molecule has 3 rings (SSSR count). The Morgan fingerprint density at radius 1 is 0.895 bits per heavy atom. The maximum absolute atomic E-state index is 13.7. The molecule has 0 heterocycles. The number of hydrogen-bond acceptors (Lipinski definition) is 3. The lowest BCUT2D eigenvalue weighted by atomic mass is 10.0. The average molecular weight is 556 g/mol. The molecule has 0 spiro atoms. The number of amides is 2. The molecule has 0 saturated heterocycles. The van der Waals surface area contributed by atoms with Crippen LogP contribution in [0.5, 0.6) is 5.75 Å². The summed E-state index contributed by atoms with van der Waals surface area (Å²) in [6, 6.07) is 21.9. The van der Waals surface area contributed by atoms with E-state index in [2.05, 4.69) is 19.2 Å². The van der Waals surface area contributed by atoms with E-state index >= 15 is 0 Å². The Labute approximate surface area is 236 Å². The maximum Gasteiger partial charge on any atom is 0.261 e. The van der Waals surface area contributed by atoms with Gasteiger partial charge in [0.05, 0.1) is 10.0 Å². The van der Waals surface area contributed by atoms with E-state index in [-0.39, 0.29) is 31.0 Å². The number of nitrogens with one attached hydrogen (secondary N) is 1. The van der Waals surface area contributed by atoms with E-state index in [0.29, 0.717) is 28.1 Å². The van der Waals surface area contributed by atoms with Crippen LogP contribution < -0.4 is 10.1 Å². The number of ether oxygens (including phenoxy) is 1. The van der Waals surface area contributed by atoms with Crippen molar-refractivity contribution in [3.8, 4) is 5.75 Å². The van der Waals surface area contributed by atoms with Crippen molar-refractivity contribution in [3.63, 3.8) is 0 Å². The molecule has 0 aliphatic heterocycles. The van der Waals surface area contributed by atoms with E-state index < -0.39 is 6.04 Å². The molecule has 0 aromatic heterocycles. The predicted molar refractivity (Wildman–Crippen MR) is 155 cm³/mol. The molecule has 0 bridgehead atoms. The fourth-order valence-electron chi connectivity index (χ4n) is 4.01. The van der Waals surface area contributed by atoms with Gasteiger partial charge >= 0.3 is 0 Å². The van der Waals surface area contributed by atoms with E-state index in [0.717, 1.165) is 17.5 Å². The van der Waals surface area contributed by atoms with Crippen LogP contribution in [0.25, 0.3) is 0 Å². The smallest absolute Gasteiger partial charge is 0.261 e. The van der Waals surface area contributed by atoms with Gasteiger partial charge in [0.1, 0.15) is 11.8 Å². The Balaban J connectivity index is 1.91. The number of carbonyl (C=O) groups is 2. The maximum atomic E-state index is 13.7. The number of hydrogen-bond donors (Lipinski definition) is 1. The summed E-state index contributed by atoms with van der Waals surface area (Å²) < 4.78 is 5.88. The van der Waals surface area contributed by atoms with E-state index in [1.807, 2.05) is 74.5 Å². The van der Waals surface area contributed by atoms with E-state index in [1.165, 1.54) is 5.56 Å². The lowest BCUT2D eigenvalue weighted by Gasteiger charge is -2.32. The highest BCUT2D eigenvalue weighted by molar-refractivity contribution is 6.42. The molecule has 38 heavy (non-hydrogen) atoms. The Kier molecular flexibility index (Phi) is 11.1. The van der Waals surface area contributed by atoms with Gasteiger partial charge in [0.15, 0.2) is 6.61 Å². The largest absolute Gasteiger partial charge is 0.484 e. The normalized spacial score (nSPS) is 12.6. The van der Waals surface area contributed by atoms with Gasteiger partial charge in [0.25, 0.3) is 5.91 Å². The second-order valence-electron chi connectivity index (χ2n) is 9.81. The molecule has 0 saturated carbocycles. The third-order valence-electron chi connectivity index (χ3n) is 6.52. The number of nitrogens with zero attached hydrogens (tertiary/aromatic N) is 1. The molecule has 5 nitrogen and oxygen atoms in total. The Morgan fingerprint density at radius 3 is 2.18 bits per heavy atom. The van der Waals surface area contributed by atoms with Crippen LogP contribution in [0, 0.1) is 0 Å². The number of halogens is 2. The fraction of sp³-hybridized carbons (Fsp3) is 0.355. The van der Waals surface area contributed by atoms with Gasteiger partial charge in [-0.05, 0) is 60.2 Å². The summed E-state index contributed by atoms with van der Waals surface area (Å²) in [7, 11) is 0. The minimum Gasteiger partial charge on any atom is -0.484 e. The van der Waals surface area contributed by atoms with Crippen molar-refractivity contribution >= 4 is 35.0 Å². The van der Waals surface area contributed by atoms with Gasteiger partial charge in [-0.3, -0.25) is 9.59 Å². The quantitative estimate of drug-likeness (QED) is 0.261. The standard InChI is InChI=1S/C31H36Cl2N2O3/c1-5-22(4)34-31(37)29(18-23-9-7-6-8-10-23)35(19-24-11-16-27(32)28(33)17-24)30(36)20-38-26-14-12-25(13-15-26)21(2)3/h6-17,21-22,29H,5,18-20H2,1-4H3,(H,34,37)/t22-,29+/m1/s1. The second kappa shape index (κ2) is 14.2. The van der Waals surface area contributed by atoms with Crippen molar-refractivity contribution in [3.05, 3.63) is 99.5 Å². The van der Waals surface area contributed by atoms with Gasteiger partial charge in [-0.1, -0.05) is 92.5 Å². The summed E-state index contributed by atoms with van der Waals surface area (Å²) >= 11 is 12.4. The predicted octanol–water partition coefficient (Wildman–Crippen LogP) is 7.05. The highest BCUT2D eigenvalue weighted by Crippen LogP contribution is 2.25. The summed E-state index contributed by atoms with van der Waals surface area (Å²) in [5.41, 5.74) is 2.91. The van der Waals surface area contributed by atoms with Gasteiger partial charge in [-0.25, -0.2) is 0 Å². The molecule has 0 unspecified atom stereocenters. The minimum atomic E-state index is -0.750. The highest BCUT2D eigenvalue weighted by atomic mass is 35.5. The topological polar surface area (TPSA) is 58.6 Å². The van der Waals surface area contributed by atoms with Gasteiger partial charge < -0.3 is 15.0 Å². The first-order valence-electron chi connectivity index (χ1n) is 13.0. The van der Waals surface area contributed by atoms with Crippen LogP contribution in [0.3, 0.4) is 0 Å². The molecule has 0 aliphatic carbocycles. The van der Waals surface area contributed by atoms with Crippen LogP contribution in [0.4, 0.5) is 0 Å². The zero-order valence-electron chi connectivity index (χ0n) is 22.4. The van der Waals surface area contributed by atoms with Gasteiger partial charge in [0.2, 0.25) is 5.91 Å². The highest BCUT2D eigenvalue weighted by Gasteiger charge is 2.31. The molecular weight excluding hydrogens is 519 g/mol. The molecule has 3 aromatic carbocycles. The summed E-state index contributed by atoms with van der Waals surface area (Å²) in [6.45, 7) is 8.18. The van der Waals surface area contributed by atoms with Gasteiger partial charge in [0, 0.05) is 19.0 Å². The molecule has 7 heteroatoms. The Bertz CT molecular complexity index is 1200. The van der Waals surface area contributed by atoms with Gasteiger partial charge in [-0.2, -0.15) is 0 Å². The van der Waals surface area contributed by atoms with Crippen molar-refractivity contribution in [2.24, 2.45) is 0 Å². The molecule has 2 amide bonds. The van der Waals surface area contributed by atoms with Crippen molar-refractivity contribution in [2.45, 2.75) is 65.1 Å². The molecule has 2 atom stereocenters. The zero-order chi connectivity index (χ0) is 27.7. The van der Waals surface area contributed by atoms with Crippen molar-refractivity contribution in [2.75, 3.05) is 6.61 Å². The summed E-state index contributed by atoms with van der Waals surface area (Å²) in [5.74, 6) is 0.484. The first-order chi connectivity index (χ1) is 18.2. The number of rotatable bonds is 12. The zero-order valence-corrected chi connectivity index (χ0v) is 23.9. The molecular formula is C31H36Cl2N2O3. The Morgan fingerprint density at radius 2 is 1.58 bits per heavy atom. The van der Waals surface area contributed by atoms with Crippen LogP contribution in [0.1, 0.15) is 56.7 Å². The van der Waals surface area contributed by atoms with Crippen LogP contribution in [0.15, 0.2) is 72.8 Å². The molecule has 3 aromatic rings. The first-order valence-corrected chi connectivity index (χ1v) is 13.7. The van der Waals surface area contributed by atoms with Crippen molar-refractivity contribution in [1.82, 2.24) is 10.2 Å². The van der Waals surface area contributed by atoms with Crippen molar-refractivity contribution in [1.29, 1.82) is 0 Å². The second-order valence-corrected chi connectivity index (χ2v) is 10.6. The molecule has 0 fully saturated rings. The third kappa shape index (κ3) is 8.50. The lowest BCUT2D eigenvalue weighted by molar-refractivity contribution is -0.143. The van der Waals surface area contributed by atoms with Crippen molar-refractivity contribution < 1.29 is 14.3 Å². The average Bonchev–Trinajstić information content (AvgIpc) is 2.91. The summed E-state index contributed by atoms with van der Waals surface area (Å²) in [4.78, 5) is 28.8. The molecule has 0 radical (unpaired) electrons. The Hall–Kier alpha value is -3.02. The number of carbonyl (C=O) groups excluding carboxylic acids is 2. The first kappa shape index (κ1) is 29.5. The molecule has 1 N–H and O–H groups in total. The van der Waals surface area contributed by atoms with E-state index in [1.54, 1.807) is 17.0 Å². The van der Waals surface area contributed by atoms with Crippen LogP contribution >= 0.6 is 23.2 Å².